The van der Waals surface area contributed by atoms with E-state index in [4.69, 9.17) is 0 Å². The summed E-state index contributed by atoms with van der Waals surface area (Å²) in [4.78, 5) is 33.8. The molecular formula is C28H29N5O2. The largest absolute Gasteiger partial charge is 0.352 e. The van der Waals surface area contributed by atoms with E-state index in [1.807, 2.05) is 91.9 Å². The molecule has 35 heavy (non-hydrogen) atoms. The van der Waals surface area contributed by atoms with Gasteiger partial charge in [0.05, 0.1) is 6.54 Å². The predicted octanol–water partition coefficient (Wildman–Crippen LogP) is 3.87. The Labute approximate surface area is 205 Å². The number of nitrogens with zero attached hydrogens (tertiary/aromatic N) is 4. The molecule has 1 saturated heterocycles. The van der Waals surface area contributed by atoms with Crippen LogP contribution in [0, 0.1) is 5.92 Å². The van der Waals surface area contributed by atoms with Crippen molar-refractivity contribution in [3.63, 3.8) is 0 Å². The van der Waals surface area contributed by atoms with Gasteiger partial charge in [-0.3, -0.25) is 9.59 Å². The number of hydrogen-bond donors (Lipinski definition) is 1. The number of amides is 2. The van der Waals surface area contributed by atoms with Gasteiger partial charge in [0, 0.05) is 54.8 Å². The number of imidazole rings is 1. The van der Waals surface area contributed by atoms with Crippen molar-refractivity contribution in [2.75, 3.05) is 32.1 Å². The molecule has 2 amide bonds. The van der Waals surface area contributed by atoms with Gasteiger partial charge in [-0.1, -0.05) is 30.3 Å². The van der Waals surface area contributed by atoms with E-state index in [9.17, 15) is 9.59 Å². The van der Waals surface area contributed by atoms with Gasteiger partial charge in [0.15, 0.2) is 0 Å². The standard InChI is InChI=1S/C28H29N5O2/c1-31(2)19-26-29-13-14-32(26)24-9-11-25(12-10-24)33-18-20(15-27(33)34)17-30-28(35)23-8-7-21-5-3-4-6-22(21)16-23/h3-14,16,20H,15,17-19H2,1-2H3,(H,30,35). The third-order valence-electron chi connectivity index (χ3n) is 6.38. The van der Waals surface area contributed by atoms with Crippen molar-refractivity contribution in [2.45, 2.75) is 13.0 Å². The molecule has 0 radical (unpaired) electrons. The van der Waals surface area contributed by atoms with Gasteiger partial charge >= 0.3 is 0 Å². The smallest absolute Gasteiger partial charge is 0.251 e. The minimum atomic E-state index is -0.111. The minimum absolute atomic E-state index is 0.0759. The van der Waals surface area contributed by atoms with Crippen molar-refractivity contribution >= 4 is 28.3 Å². The summed E-state index contributed by atoms with van der Waals surface area (Å²) in [6.45, 7) is 1.80. The normalized spacial score (nSPS) is 15.8. The Kier molecular flexibility index (Phi) is 6.33. The lowest BCUT2D eigenvalue weighted by Gasteiger charge is -2.18. The number of rotatable bonds is 7. The molecule has 1 aromatic heterocycles. The average Bonchev–Trinajstić information content (AvgIpc) is 3.48. The third-order valence-corrected chi connectivity index (χ3v) is 6.38. The number of hydrogen-bond acceptors (Lipinski definition) is 4. The lowest BCUT2D eigenvalue weighted by atomic mass is 10.1. The summed E-state index contributed by atoms with van der Waals surface area (Å²) in [6, 6.07) is 21.7. The first-order chi connectivity index (χ1) is 17.0. The summed E-state index contributed by atoms with van der Waals surface area (Å²) in [7, 11) is 4.03. The molecular weight excluding hydrogens is 438 g/mol. The number of fused-ring (bicyclic) bond motifs is 1. The zero-order chi connectivity index (χ0) is 24.4. The Hall–Kier alpha value is -3.97. The topological polar surface area (TPSA) is 70.5 Å². The molecule has 0 saturated carbocycles. The van der Waals surface area contributed by atoms with Gasteiger partial charge in [0.25, 0.3) is 5.91 Å². The molecule has 1 atom stereocenters. The molecule has 1 unspecified atom stereocenters. The number of carbonyl (C=O) groups excluding carboxylic acids is 2. The highest BCUT2D eigenvalue weighted by Crippen LogP contribution is 2.26. The summed E-state index contributed by atoms with van der Waals surface area (Å²) >= 11 is 0. The number of benzene rings is 3. The minimum Gasteiger partial charge on any atom is -0.352 e. The number of anilines is 1. The fraction of sp³-hybridized carbons (Fsp3) is 0.250. The average molecular weight is 468 g/mol. The maximum atomic E-state index is 12.7. The molecule has 4 aromatic rings. The molecule has 7 heteroatoms. The van der Waals surface area contributed by atoms with Gasteiger partial charge in [-0.2, -0.15) is 0 Å². The Morgan fingerprint density at radius 1 is 1.03 bits per heavy atom. The maximum absolute atomic E-state index is 12.7. The van der Waals surface area contributed by atoms with Crippen LogP contribution in [0.5, 0.6) is 0 Å². The molecule has 0 spiro atoms. The molecule has 0 bridgehead atoms. The third kappa shape index (κ3) is 4.95. The summed E-state index contributed by atoms with van der Waals surface area (Å²) in [5.41, 5.74) is 2.51. The molecule has 3 aromatic carbocycles. The van der Waals surface area contributed by atoms with Gasteiger partial charge in [-0.05, 0) is 61.3 Å². The highest BCUT2D eigenvalue weighted by molar-refractivity contribution is 5.99. The monoisotopic (exact) mass is 467 g/mol. The van der Waals surface area contributed by atoms with Crippen molar-refractivity contribution in [1.82, 2.24) is 19.8 Å². The number of nitrogens with one attached hydrogen (secondary N) is 1. The van der Waals surface area contributed by atoms with E-state index in [-0.39, 0.29) is 17.7 Å². The van der Waals surface area contributed by atoms with Crippen molar-refractivity contribution in [3.05, 3.63) is 90.5 Å². The van der Waals surface area contributed by atoms with Crippen LogP contribution in [0.15, 0.2) is 79.1 Å². The Balaban J connectivity index is 1.21. The molecule has 1 aliphatic rings. The summed E-state index contributed by atoms with van der Waals surface area (Å²) in [5, 5.41) is 5.16. The fourth-order valence-electron chi connectivity index (χ4n) is 4.60. The predicted molar refractivity (Wildman–Crippen MR) is 138 cm³/mol. The van der Waals surface area contributed by atoms with E-state index in [1.54, 1.807) is 6.20 Å². The number of aromatic nitrogens is 2. The van der Waals surface area contributed by atoms with Crippen LogP contribution < -0.4 is 10.2 Å². The molecule has 1 fully saturated rings. The molecule has 7 nitrogen and oxygen atoms in total. The van der Waals surface area contributed by atoms with Crippen LogP contribution in [0.4, 0.5) is 5.69 Å². The van der Waals surface area contributed by atoms with Crippen LogP contribution in [-0.2, 0) is 11.3 Å². The molecule has 178 valence electrons. The van der Waals surface area contributed by atoms with E-state index in [0.29, 0.717) is 25.1 Å². The maximum Gasteiger partial charge on any atom is 0.251 e. The van der Waals surface area contributed by atoms with E-state index >= 15 is 0 Å². The molecule has 0 aliphatic carbocycles. The summed E-state index contributed by atoms with van der Waals surface area (Å²) in [5.74, 6) is 1.01. The van der Waals surface area contributed by atoms with Crippen LogP contribution in [0.1, 0.15) is 22.6 Å². The van der Waals surface area contributed by atoms with E-state index < -0.39 is 0 Å². The van der Waals surface area contributed by atoms with Crippen molar-refractivity contribution in [3.8, 4) is 5.69 Å². The van der Waals surface area contributed by atoms with Gasteiger partial charge < -0.3 is 19.7 Å². The second-order valence-corrected chi connectivity index (χ2v) is 9.31. The molecule has 2 heterocycles. The molecule has 5 rings (SSSR count). The second kappa shape index (κ2) is 9.72. The van der Waals surface area contributed by atoms with E-state index in [1.165, 1.54) is 0 Å². The van der Waals surface area contributed by atoms with Gasteiger partial charge in [-0.25, -0.2) is 4.98 Å². The fourth-order valence-corrected chi connectivity index (χ4v) is 4.60. The highest BCUT2D eigenvalue weighted by Gasteiger charge is 2.30. The van der Waals surface area contributed by atoms with Crippen LogP contribution in [0.3, 0.4) is 0 Å². The van der Waals surface area contributed by atoms with Crippen LogP contribution in [-0.4, -0.2) is 53.5 Å². The van der Waals surface area contributed by atoms with Gasteiger partial charge in [0.1, 0.15) is 5.82 Å². The van der Waals surface area contributed by atoms with Gasteiger partial charge in [-0.15, -0.1) is 0 Å². The van der Waals surface area contributed by atoms with E-state index in [0.717, 1.165) is 34.5 Å². The first-order valence-corrected chi connectivity index (χ1v) is 11.8. The van der Waals surface area contributed by atoms with Crippen molar-refractivity contribution in [2.24, 2.45) is 5.92 Å². The molecule has 1 aliphatic heterocycles. The molecule has 1 N–H and O–H groups in total. The Bertz CT molecular complexity index is 1360. The summed E-state index contributed by atoms with van der Waals surface area (Å²) in [6.07, 6.45) is 4.17. The summed E-state index contributed by atoms with van der Waals surface area (Å²) < 4.78 is 2.06. The van der Waals surface area contributed by atoms with E-state index in [2.05, 4.69) is 19.8 Å². The highest BCUT2D eigenvalue weighted by atomic mass is 16.2. The lowest BCUT2D eigenvalue weighted by Crippen LogP contribution is -2.31. The first kappa shape index (κ1) is 22.8. The second-order valence-electron chi connectivity index (χ2n) is 9.31. The zero-order valence-electron chi connectivity index (χ0n) is 20.0. The zero-order valence-corrected chi connectivity index (χ0v) is 20.0. The van der Waals surface area contributed by atoms with Crippen molar-refractivity contribution in [1.29, 1.82) is 0 Å². The Morgan fingerprint density at radius 3 is 2.54 bits per heavy atom. The lowest BCUT2D eigenvalue weighted by molar-refractivity contribution is -0.117. The quantitative estimate of drug-likeness (QED) is 0.448. The van der Waals surface area contributed by atoms with Gasteiger partial charge in [0.2, 0.25) is 5.91 Å². The SMILES string of the molecule is CN(C)Cc1nccn1-c1ccc(N2CC(CNC(=O)c3ccc4ccccc4c3)CC2=O)cc1. The Morgan fingerprint density at radius 2 is 1.77 bits per heavy atom. The first-order valence-electron chi connectivity index (χ1n) is 11.8. The van der Waals surface area contributed by atoms with Crippen molar-refractivity contribution < 1.29 is 9.59 Å². The van der Waals surface area contributed by atoms with Crippen LogP contribution in [0.2, 0.25) is 0 Å². The number of carbonyl (C=O) groups is 2. The van der Waals surface area contributed by atoms with Crippen LogP contribution >= 0.6 is 0 Å². The van der Waals surface area contributed by atoms with Crippen LogP contribution in [0.25, 0.3) is 16.5 Å².